The third-order valence-electron chi connectivity index (χ3n) is 7.48. The first-order valence-electron chi connectivity index (χ1n) is 13.1. The highest BCUT2D eigenvalue weighted by atomic mass is 16.5. The largest absolute Gasteiger partial charge is 0.489 e. The van der Waals surface area contributed by atoms with Crippen LogP contribution in [0.3, 0.4) is 0 Å². The molecule has 1 N–H and O–H groups in total. The highest BCUT2D eigenvalue weighted by Crippen LogP contribution is 2.40. The molecule has 1 saturated carbocycles. The number of piperazine rings is 1. The van der Waals surface area contributed by atoms with E-state index in [4.69, 9.17) is 4.74 Å². The lowest BCUT2D eigenvalue weighted by atomic mass is 10.1. The predicted molar refractivity (Wildman–Crippen MR) is 142 cm³/mol. The molecule has 38 heavy (non-hydrogen) atoms. The Bertz CT molecular complexity index is 1500. The summed E-state index contributed by atoms with van der Waals surface area (Å²) in [7, 11) is 2.14. The van der Waals surface area contributed by atoms with Gasteiger partial charge in [-0.25, -0.2) is 19.6 Å². The van der Waals surface area contributed by atoms with Crippen molar-refractivity contribution in [1.82, 2.24) is 34.2 Å². The zero-order valence-corrected chi connectivity index (χ0v) is 21.2. The first-order valence-corrected chi connectivity index (χ1v) is 13.1. The van der Waals surface area contributed by atoms with E-state index in [-0.39, 0.29) is 5.91 Å². The summed E-state index contributed by atoms with van der Waals surface area (Å²) in [5, 5.41) is 7.30. The van der Waals surface area contributed by atoms with Gasteiger partial charge in [0.15, 0.2) is 11.6 Å². The van der Waals surface area contributed by atoms with Crippen LogP contribution < -0.4 is 15.0 Å². The minimum absolute atomic E-state index is 0.304. The Hall–Kier alpha value is -4.25. The normalized spacial score (nSPS) is 17.3. The zero-order valence-electron chi connectivity index (χ0n) is 21.2. The van der Waals surface area contributed by atoms with Crippen molar-refractivity contribution in [2.24, 2.45) is 0 Å². The predicted octanol–water partition coefficient (Wildman–Crippen LogP) is 2.80. The standard InChI is InChI=1S/C27H29N9O2/c1-33-7-9-34(10-8-33)24-14-28-21(13-23(24)35-15-22(30-17-35)18-5-6-18)27(37)32-20-4-2-3-19-25(20)38-12-11-36-26(19)29-16-31-36/h2-4,13-18H,5-12H2,1H3,(H,32,37). The van der Waals surface area contributed by atoms with Crippen molar-refractivity contribution >= 4 is 17.3 Å². The van der Waals surface area contributed by atoms with E-state index in [9.17, 15) is 4.79 Å². The van der Waals surface area contributed by atoms with Gasteiger partial charge >= 0.3 is 0 Å². The van der Waals surface area contributed by atoms with E-state index in [1.54, 1.807) is 0 Å². The molecule has 1 aromatic carbocycles. The second kappa shape index (κ2) is 9.25. The molecule has 3 aromatic heterocycles. The highest BCUT2D eigenvalue weighted by Gasteiger charge is 2.27. The van der Waals surface area contributed by atoms with Crippen LogP contribution in [0, 0.1) is 0 Å². The van der Waals surface area contributed by atoms with Crippen LogP contribution in [0.2, 0.25) is 0 Å². The summed E-state index contributed by atoms with van der Waals surface area (Å²) in [5.74, 6) is 1.55. The number of fused-ring (bicyclic) bond motifs is 3. The fourth-order valence-electron chi connectivity index (χ4n) is 5.14. The molecule has 5 heterocycles. The number of carbonyl (C=O) groups is 1. The number of anilines is 2. The Morgan fingerprint density at radius 1 is 1.05 bits per heavy atom. The van der Waals surface area contributed by atoms with Crippen molar-refractivity contribution in [3.8, 4) is 22.8 Å². The number of hydrogen-bond acceptors (Lipinski definition) is 8. The third-order valence-corrected chi connectivity index (χ3v) is 7.48. The highest BCUT2D eigenvalue weighted by molar-refractivity contribution is 6.05. The smallest absolute Gasteiger partial charge is 0.274 e. The van der Waals surface area contributed by atoms with Gasteiger partial charge in [0.05, 0.1) is 47.4 Å². The third kappa shape index (κ3) is 4.18. The molecule has 0 atom stereocenters. The Morgan fingerprint density at radius 2 is 1.92 bits per heavy atom. The van der Waals surface area contributed by atoms with Crippen molar-refractivity contribution < 1.29 is 9.53 Å². The Morgan fingerprint density at radius 3 is 2.76 bits per heavy atom. The molecular weight excluding hydrogens is 482 g/mol. The molecule has 0 spiro atoms. The minimum atomic E-state index is -0.304. The Labute approximate surface area is 220 Å². The summed E-state index contributed by atoms with van der Waals surface area (Å²) in [5.41, 5.74) is 4.72. The molecule has 1 aliphatic carbocycles. The summed E-state index contributed by atoms with van der Waals surface area (Å²) in [4.78, 5) is 31.8. The van der Waals surface area contributed by atoms with Crippen LogP contribution >= 0.6 is 0 Å². The van der Waals surface area contributed by atoms with Gasteiger partial charge in [-0.1, -0.05) is 6.07 Å². The number of nitrogens with zero attached hydrogens (tertiary/aromatic N) is 8. The maximum absolute atomic E-state index is 13.5. The SMILES string of the molecule is CN1CCN(c2cnc(C(=O)Nc3cccc4c3OCCn3ncnc3-4)cc2-n2cnc(C3CC3)c2)CC1. The molecule has 11 heteroatoms. The zero-order chi connectivity index (χ0) is 25.6. The van der Waals surface area contributed by atoms with Gasteiger partial charge in [0.2, 0.25) is 0 Å². The molecule has 7 rings (SSSR count). The molecule has 2 fully saturated rings. The van der Waals surface area contributed by atoms with Crippen molar-refractivity contribution in [3.05, 3.63) is 60.7 Å². The van der Waals surface area contributed by atoms with Gasteiger partial charge in [0.1, 0.15) is 18.6 Å². The number of rotatable bonds is 5. The monoisotopic (exact) mass is 511 g/mol. The summed E-state index contributed by atoms with van der Waals surface area (Å²) < 4.78 is 9.87. The van der Waals surface area contributed by atoms with Gasteiger partial charge in [-0.3, -0.25) is 4.79 Å². The maximum atomic E-state index is 13.5. The van der Waals surface area contributed by atoms with Gasteiger partial charge < -0.3 is 24.4 Å². The molecular formula is C27H29N9O2. The molecule has 0 radical (unpaired) electrons. The number of benzene rings is 1. The van der Waals surface area contributed by atoms with Crippen molar-refractivity contribution in [3.63, 3.8) is 0 Å². The van der Waals surface area contributed by atoms with Gasteiger partial charge in [-0.2, -0.15) is 5.10 Å². The molecule has 0 bridgehead atoms. The number of amides is 1. The van der Waals surface area contributed by atoms with Crippen LogP contribution in [0.25, 0.3) is 17.1 Å². The number of pyridine rings is 1. The van der Waals surface area contributed by atoms with Crippen molar-refractivity contribution in [2.75, 3.05) is 50.1 Å². The van der Waals surface area contributed by atoms with E-state index in [2.05, 4.69) is 48.4 Å². The number of para-hydroxylation sites is 1. The lowest BCUT2D eigenvalue weighted by Gasteiger charge is -2.35. The van der Waals surface area contributed by atoms with Crippen LogP contribution in [0.4, 0.5) is 11.4 Å². The van der Waals surface area contributed by atoms with Gasteiger partial charge in [0.25, 0.3) is 5.91 Å². The maximum Gasteiger partial charge on any atom is 0.274 e. The van der Waals surface area contributed by atoms with Crippen LogP contribution in [-0.2, 0) is 6.54 Å². The first kappa shape index (κ1) is 22.9. The topological polar surface area (TPSA) is 106 Å². The molecule has 0 unspecified atom stereocenters. The number of imidazole rings is 1. The van der Waals surface area contributed by atoms with E-state index < -0.39 is 0 Å². The number of likely N-dealkylation sites (N-methyl/N-ethyl adjacent to an activating group) is 1. The molecule has 1 saturated heterocycles. The minimum Gasteiger partial charge on any atom is -0.489 e. The van der Waals surface area contributed by atoms with E-state index in [1.165, 1.54) is 19.2 Å². The van der Waals surface area contributed by atoms with Crippen molar-refractivity contribution in [1.29, 1.82) is 0 Å². The Balaban J connectivity index is 1.22. The summed E-state index contributed by atoms with van der Waals surface area (Å²) in [6.07, 6.45) is 9.67. The number of carbonyl (C=O) groups excluding carboxylic acids is 1. The van der Waals surface area contributed by atoms with Crippen molar-refractivity contribution in [2.45, 2.75) is 25.3 Å². The summed E-state index contributed by atoms with van der Waals surface area (Å²) in [6.45, 7) is 4.78. The van der Waals surface area contributed by atoms with E-state index in [0.717, 1.165) is 54.6 Å². The molecule has 11 nitrogen and oxygen atoms in total. The Kier molecular flexibility index (Phi) is 5.58. The van der Waals surface area contributed by atoms with E-state index in [0.29, 0.717) is 36.2 Å². The first-order chi connectivity index (χ1) is 18.6. The summed E-state index contributed by atoms with van der Waals surface area (Å²) in [6, 6.07) is 7.50. The average molecular weight is 512 g/mol. The fraction of sp³-hybridized carbons (Fsp3) is 0.370. The average Bonchev–Trinajstić information content (AvgIpc) is 3.54. The molecule has 4 aromatic rings. The lowest BCUT2D eigenvalue weighted by molar-refractivity contribution is 0.102. The number of ether oxygens (including phenoxy) is 1. The van der Waals surface area contributed by atoms with E-state index >= 15 is 0 Å². The molecule has 2 aliphatic heterocycles. The quantitative estimate of drug-likeness (QED) is 0.436. The van der Waals surface area contributed by atoms with E-state index in [1.807, 2.05) is 46.0 Å². The van der Waals surface area contributed by atoms with Gasteiger partial charge in [-0.15, -0.1) is 0 Å². The lowest BCUT2D eigenvalue weighted by Crippen LogP contribution is -2.44. The number of nitrogens with one attached hydrogen (secondary N) is 1. The van der Waals surface area contributed by atoms with Crippen LogP contribution in [-0.4, -0.2) is 79.9 Å². The molecule has 1 amide bonds. The van der Waals surface area contributed by atoms with Crippen LogP contribution in [0.15, 0.2) is 49.3 Å². The molecule has 3 aliphatic rings. The summed E-state index contributed by atoms with van der Waals surface area (Å²) >= 11 is 0. The number of hydrogen-bond donors (Lipinski definition) is 1. The fourth-order valence-corrected chi connectivity index (χ4v) is 5.14. The van der Waals surface area contributed by atoms with Gasteiger partial charge in [0, 0.05) is 38.3 Å². The van der Waals surface area contributed by atoms with Crippen LogP contribution in [0.5, 0.6) is 5.75 Å². The number of aromatic nitrogens is 6. The van der Waals surface area contributed by atoms with Gasteiger partial charge in [-0.05, 0) is 38.1 Å². The second-order valence-electron chi connectivity index (χ2n) is 10.1. The second-order valence-corrected chi connectivity index (χ2v) is 10.1. The molecule has 194 valence electrons. The van der Waals surface area contributed by atoms with Crippen LogP contribution in [0.1, 0.15) is 34.9 Å².